The van der Waals surface area contributed by atoms with Gasteiger partial charge in [0.25, 0.3) is 0 Å². The van der Waals surface area contributed by atoms with E-state index >= 15 is 0 Å². The molecule has 116 valence electrons. The zero-order valence-corrected chi connectivity index (χ0v) is 14.1. The fourth-order valence-electron chi connectivity index (χ4n) is 4.68. The lowest BCUT2D eigenvalue weighted by Crippen LogP contribution is -2.36. The fourth-order valence-corrected chi connectivity index (χ4v) is 5.36. The summed E-state index contributed by atoms with van der Waals surface area (Å²) in [6, 6.07) is 3.98. The van der Waals surface area contributed by atoms with Crippen molar-refractivity contribution in [2.45, 2.75) is 32.8 Å². The number of rotatable bonds is 2. The maximum atomic E-state index is 12.8. The van der Waals surface area contributed by atoms with E-state index < -0.39 is 0 Å². The Morgan fingerprint density at radius 1 is 1.27 bits per heavy atom. The molecule has 2 saturated carbocycles. The summed E-state index contributed by atoms with van der Waals surface area (Å²) in [7, 11) is 0. The van der Waals surface area contributed by atoms with Gasteiger partial charge in [0, 0.05) is 16.1 Å². The Kier molecular flexibility index (Phi) is 3.12. The van der Waals surface area contributed by atoms with Crippen molar-refractivity contribution in [2.24, 2.45) is 23.7 Å². The van der Waals surface area contributed by atoms with Crippen LogP contribution in [0.25, 0.3) is 0 Å². The van der Waals surface area contributed by atoms with Crippen molar-refractivity contribution >= 4 is 33.5 Å². The van der Waals surface area contributed by atoms with Gasteiger partial charge in [-0.2, -0.15) is 0 Å². The Morgan fingerprint density at radius 2 is 1.95 bits per heavy atom. The van der Waals surface area contributed by atoms with Gasteiger partial charge in [0.2, 0.25) is 5.91 Å². The molecule has 1 saturated heterocycles. The Bertz CT molecular complexity index is 661. The van der Waals surface area contributed by atoms with Gasteiger partial charge >= 0.3 is 5.97 Å². The molecule has 0 spiro atoms. The van der Waals surface area contributed by atoms with Crippen LogP contribution in [-0.2, 0) is 14.3 Å². The summed E-state index contributed by atoms with van der Waals surface area (Å²) >= 11 is 3.47. The van der Waals surface area contributed by atoms with Crippen LogP contribution in [0.15, 0.2) is 16.6 Å². The highest BCUT2D eigenvalue weighted by Gasteiger charge is 2.63. The summed E-state index contributed by atoms with van der Waals surface area (Å²) in [4.78, 5) is 24.8. The molecule has 2 aliphatic carbocycles. The Morgan fingerprint density at radius 3 is 2.64 bits per heavy atom. The average molecular weight is 364 g/mol. The van der Waals surface area contributed by atoms with Crippen molar-refractivity contribution in [1.29, 1.82) is 0 Å². The van der Waals surface area contributed by atoms with Crippen LogP contribution >= 0.6 is 15.9 Å². The highest BCUT2D eigenvalue weighted by molar-refractivity contribution is 9.10. The largest absolute Gasteiger partial charge is 0.462 e. The molecule has 1 heterocycles. The molecule has 4 nitrogen and oxygen atoms in total. The Labute approximate surface area is 137 Å². The molecule has 0 aromatic heterocycles. The third kappa shape index (κ3) is 1.94. The monoisotopic (exact) mass is 363 g/mol. The topological polar surface area (TPSA) is 55.4 Å². The predicted octanol–water partition coefficient (Wildman–Crippen LogP) is 3.20. The number of carbonyl (C=O) groups excluding carboxylic acids is 2. The quantitative estimate of drug-likeness (QED) is 0.820. The summed E-state index contributed by atoms with van der Waals surface area (Å²) < 4.78 is 6.41. The van der Waals surface area contributed by atoms with Crippen LogP contribution in [0, 0.1) is 37.5 Å². The van der Waals surface area contributed by atoms with Crippen LogP contribution in [0.3, 0.4) is 0 Å². The number of carbonyl (C=O) groups is 2. The summed E-state index contributed by atoms with van der Waals surface area (Å²) in [5, 5.41) is 3.07. The van der Waals surface area contributed by atoms with Crippen LogP contribution in [0.4, 0.5) is 5.69 Å². The van der Waals surface area contributed by atoms with Crippen molar-refractivity contribution < 1.29 is 14.3 Å². The number of hydrogen-bond acceptors (Lipinski definition) is 3. The fraction of sp³-hybridized carbons (Fsp3) is 0.529. The summed E-state index contributed by atoms with van der Waals surface area (Å²) in [5.74, 6) is -0.0795. The molecule has 1 amide bonds. The number of aryl methyl sites for hydroxylation is 2. The van der Waals surface area contributed by atoms with Gasteiger partial charge in [-0.05, 0) is 55.9 Å². The number of esters is 1. The second kappa shape index (κ2) is 4.82. The van der Waals surface area contributed by atoms with Crippen LogP contribution in [0.2, 0.25) is 0 Å². The van der Waals surface area contributed by atoms with Crippen LogP contribution in [-0.4, -0.2) is 18.0 Å². The number of ether oxygens (including phenoxy) is 1. The minimum atomic E-state index is -0.223. The maximum Gasteiger partial charge on any atom is 0.310 e. The van der Waals surface area contributed by atoms with Crippen molar-refractivity contribution in [1.82, 2.24) is 0 Å². The van der Waals surface area contributed by atoms with E-state index in [2.05, 4.69) is 21.2 Å². The molecule has 2 bridgehead atoms. The molecule has 5 atom stereocenters. The van der Waals surface area contributed by atoms with E-state index in [0.29, 0.717) is 5.92 Å². The molecule has 0 radical (unpaired) electrons. The second-order valence-electron chi connectivity index (χ2n) is 6.83. The van der Waals surface area contributed by atoms with Gasteiger partial charge in [-0.1, -0.05) is 15.9 Å². The number of benzene rings is 1. The van der Waals surface area contributed by atoms with E-state index in [-0.39, 0.29) is 35.7 Å². The first-order valence-electron chi connectivity index (χ1n) is 7.74. The van der Waals surface area contributed by atoms with E-state index in [9.17, 15) is 9.59 Å². The van der Waals surface area contributed by atoms with Crippen LogP contribution in [0.1, 0.15) is 24.0 Å². The smallest absolute Gasteiger partial charge is 0.310 e. The number of hydrogen-bond donors (Lipinski definition) is 1. The van der Waals surface area contributed by atoms with E-state index in [0.717, 1.165) is 34.1 Å². The van der Waals surface area contributed by atoms with Gasteiger partial charge in [-0.15, -0.1) is 0 Å². The molecule has 3 fully saturated rings. The summed E-state index contributed by atoms with van der Waals surface area (Å²) in [6.07, 6.45) is 1.88. The first kappa shape index (κ1) is 14.2. The lowest BCUT2D eigenvalue weighted by molar-refractivity contribution is -0.145. The molecule has 4 rings (SSSR count). The van der Waals surface area contributed by atoms with E-state index in [4.69, 9.17) is 4.74 Å². The van der Waals surface area contributed by atoms with Crippen molar-refractivity contribution in [3.63, 3.8) is 0 Å². The predicted molar refractivity (Wildman–Crippen MR) is 85.3 cm³/mol. The van der Waals surface area contributed by atoms with E-state index in [1.165, 1.54) is 0 Å². The highest BCUT2D eigenvalue weighted by atomic mass is 79.9. The lowest BCUT2D eigenvalue weighted by Gasteiger charge is -2.24. The standard InChI is InChI=1S/C17H18BrNO3/c1-7-3-10(18)4-8(2)15(7)19-16(20)13-9-5-11-12(6-9)22-17(21)14(11)13/h3-4,9,11-14H,5-6H2,1-2H3,(H,19,20)/t9-,11-,12+,13+,14-/m0/s1. The molecular weight excluding hydrogens is 346 g/mol. The second-order valence-corrected chi connectivity index (χ2v) is 7.74. The molecule has 1 aliphatic heterocycles. The number of anilines is 1. The Balaban J connectivity index is 1.60. The molecule has 1 aromatic carbocycles. The van der Waals surface area contributed by atoms with Crippen molar-refractivity contribution in [2.75, 3.05) is 5.32 Å². The van der Waals surface area contributed by atoms with Crippen LogP contribution in [0.5, 0.6) is 0 Å². The van der Waals surface area contributed by atoms with Crippen molar-refractivity contribution in [3.8, 4) is 0 Å². The minimum absolute atomic E-state index is 0.0247. The zero-order chi connectivity index (χ0) is 15.6. The van der Waals surface area contributed by atoms with E-state index in [1.54, 1.807) is 0 Å². The molecule has 0 unspecified atom stereocenters. The molecule has 22 heavy (non-hydrogen) atoms. The van der Waals surface area contributed by atoms with Gasteiger partial charge in [-0.25, -0.2) is 0 Å². The normalized spacial score (nSPS) is 34.9. The van der Waals surface area contributed by atoms with Crippen LogP contribution < -0.4 is 5.32 Å². The molecule has 5 heteroatoms. The van der Waals surface area contributed by atoms with Gasteiger partial charge < -0.3 is 10.1 Å². The van der Waals surface area contributed by atoms with Gasteiger partial charge in [0.05, 0.1) is 11.8 Å². The lowest BCUT2D eigenvalue weighted by atomic mass is 9.79. The summed E-state index contributed by atoms with van der Waals surface area (Å²) in [5.41, 5.74) is 2.91. The first-order chi connectivity index (χ1) is 10.5. The number of halogens is 1. The zero-order valence-electron chi connectivity index (χ0n) is 12.6. The third-order valence-corrected chi connectivity index (χ3v) is 5.99. The SMILES string of the molecule is Cc1cc(Br)cc(C)c1NC(=O)[C@@H]1[C@H]2C[C@@H]3[C@@H]1C(=O)O[C@@H]3C2. The maximum absolute atomic E-state index is 12.8. The third-order valence-electron chi connectivity index (χ3n) is 5.53. The van der Waals surface area contributed by atoms with Gasteiger partial charge in [0.1, 0.15) is 6.10 Å². The molecule has 1 aromatic rings. The number of nitrogens with one attached hydrogen (secondary N) is 1. The number of amides is 1. The van der Waals surface area contributed by atoms with E-state index in [1.807, 2.05) is 26.0 Å². The minimum Gasteiger partial charge on any atom is -0.462 e. The van der Waals surface area contributed by atoms with Gasteiger partial charge in [-0.3, -0.25) is 9.59 Å². The van der Waals surface area contributed by atoms with Crippen molar-refractivity contribution in [3.05, 3.63) is 27.7 Å². The Hall–Kier alpha value is -1.36. The average Bonchev–Trinajstić information content (AvgIpc) is 3.03. The molecular formula is C17H18BrNO3. The van der Waals surface area contributed by atoms with Gasteiger partial charge in [0.15, 0.2) is 0 Å². The molecule has 1 N–H and O–H groups in total. The highest BCUT2D eigenvalue weighted by Crippen LogP contribution is 2.57. The number of fused-ring (bicyclic) bond motifs is 1. The summed E-state index contributed by atoms with van der Waals surface area (Å²) in [6.45, 7) is 3.96. The first-order valence-corrected chi connectivity index (χ1v) is 8.53. The molecule has 3 aliphatic rings.